The highest BCUT2D eigenvalue weighted by atomic mass is 35.5. The Morgan fingerprint density at radius 2 is 1.72 bits per heavy atom. The number of benzene rings is 3. The zero-order valence-electron chi connectivity index (χ0n) is 15.9. The molecule has 5 nitrogen and oxygen atoms in total. The maximum absolute atomic E-state index is 12.1. The highest BCUT2D eigenvalue weighted by Gasteiger charge is 2.22. The molecule has 6 heteroatoms. The van der Waals surface area contributed by atoms with Gasteiger partial charge < -0.3 is 15.5 Å². The maximum atomic E-state index is 12.1. The van der Waals surface area contributed by atoms with Crippen molar-refractivity contribution >= 4 is 40.7 Å². The van der Waals surface area contributed by atoms with Gasteiger partial charge in [-0.3, -0.25) is 9.59 Å². The Hall–Kier alpha value is -2.89. The first-order valence-electron chi connectivity index (χ1n) is 9.61. The predicted molar refractivity (Wildman–Crippen MR) is 117 cm³/mol. The Morgan fingerprint density at radius 1 is 0.931 bits per heavy atom. The molecule has 29 heavy (non-hydrogen) atoms. The zero-order valence-corrected chi connectivity index (χ0v) is 16.7. The molecule has 1 saturated heterocycles. The van der Waals surface area contributed by atoms with E-state index in [4.69, 9.17) is 0 Å². The topological polar surface area (TPSA) is 61.4 Å². The smallest absolute Gasteiger partial charge is 0.256 e. The van der Waals surface area contributed by atoms with Gasteiger partial charge in [-0.2, -0.15) is 0 Å². The van der Waals surface area contributed by atoms with Crippen molar-refractivity contribution in [1.29, 1.82) is 0 Å². The fraction of sp³-hybridized carbons (Fsp3) is 0.217. The van der Waals surface area contributed by atoms with Gasteiger partial charge in [-0.25, -0.2) is 0 Å². The highest BCUT2D eigenvalue weighted by Crippen LogP contribution is 2.35. The molecule has 0 bridgehead atoms. The molecule has 3 aromatic rings. The normalized spacial score (nSPS) is 15.4. The SMILES string of the molecule is Cl.O=C1Nc2ccc(Cc3ccc(CN4CCNCC4=O)cc3)c3cccc1c23. The van der Waals surface area contributed by atoms with Gasteiger partial charge in [-0.1, -0.05) is 42.5 Å². The van der Waals surface area contributed by atoms with Crippen LogP contribution in [0.4, 0.5) is 5.69 Å². The highest BCUT2D eigenvalue weighted by molar-refractivity contribution is 6.24. The molecule has 2 aliphatic heterocycles. The summed E-state index contributed by atoms with van der Waals surface area (Å²) in [6.45, 7) is 2.70. The standard InChI is InChI=1S/C23H21N3O2.ClH/c27-21-13-24-10-11-26(21)14-16-6-4-15(5-7-16)12-17-8-9-20-22-18(17)2-1-3-19(22)23(28)25-20;/h1-9,24H,10-14H2,(H,25,28);1H. The van der Waals surface area contributed by atoms with Crippen LogP contribution in [0.3, 0.4) is 0 Å². The molecule has 0 aliphatic carbocycles. The van der Waals surface area contributed by atoms with Crippen LogP contribution in [0, 0.1) is 0 Å². The zero-order chi connectivity index (χ0) is 19.1. The number of hydrogen-bond donors (Lipinski definition) is 2. The first-order chi connectivity index (χ1) is 13.7. The molecular formula is C23H22ClN3O2. The van der Waals surface area contributed by atoms with Crippen molar-refractivity contribution in [2.45, 2.75) is 13.0 Å². The number of nitrogens with one attached hydrogen (secondary N) is 2. The van der Waals surface area contributed by atoms with Crippen molar-refractivity contribution in [3.8, 4) is 0 Å². The first-order valence-corrected chi connectivity index (χ1v) is 9.61. The molecular weight excluding hydrogens is 386 g/mol. The van der Waals surface area contributed by atoms with Crippen LogP contribution in [0.2, 0.25) is 0 Å². The van der Waals surface area contributed by atoms with E-state index in [1.807, 2.05) is 23.1 Å². The Morgan fingerprint density at radius 3 is 2.52 bits per heavy atom. The van der Waals surface area contributed by atoms with E-state index >= 15 is 0 Å². The molecule has 0 radical (unpaired) electrons. The van der Waals surface area contributed by atoms with Gasteiger partial charge in [0.1, 0.15) is 0 Å². The monoisotopic (exact) mass is 407 g/mol. The van der Waals surface area contributed by atoms with Gasteiger partial charge in [0.15, 0.2) is 0 Å². The van der Waals surface area contributed by atoms with Crippen molar-refractivity contribution in [3.63, 3.8) is 0 Å². The third kappa shape index (κ3) is 3.59. The van der Waals surface area contributed by atoms with E-state index in [1.165, 1.54) is 11.1 Å². The minimum absolute atomic E-state index is 0. The number of hydrogen-bond acceptors (Lipinski definition) is 3. The van der Waals surface area contributed by atoms with Gasteiger partial charge in [0, 0.05) is 36.3 Å². The second kappa shape index (κ2) is 7.85. The van der Waals surface area contributed by atoms with Crippen LogP contribution >= 0.6 is 12.4 Å². The molecule has 0 unspecified atom stereocenters. The Kier molecular flexibility index (Phi) is 5.26. The minimum Gasteiger partial charge on any atom is -0.336 e. The number of carbonyl (C=O) groups excluding carboxylic acids is 2. The first kappa shape index (κ1) is 19.4. The summed E-state index contributed by atoms with van der Waals surface area (Å²) >= 11 is 0. The average Bonchev–Trinajstić information content (AvgIpc) is 3.04. The van der Waals surface area contributed by atoms with Crippen LogP contribution in [0.1, 0.15) is 27.0 Å². The molecule has 0 saturated carbocycles. The van der Waals surface area contributed by atoms with Crippen LogP contribution in [0.25, 0.3) is 10.8 Å². The van der Waals surface area contributed by atoms with Gasteiger partial charge in [-0.05, 0) is 40.6 Å². The fourth-order valence-corrected chi connectivity index (χ4v) is 4.12. The summed E-state index contributed by atoms with van der Waals surface area (Å²) in [7, 11) is 0. The Balaban J connectivity index is 0.00000205. The van der Waals surface area contributed by atoms with Gasteiger partial charge >= 0.3 is 0 Å². The largest absolute Gasteiger partial charge is 0.336 e. The number of rotatable bonds is 4. The summed E-state index contributed by atoms with van der Waals surface area (Å²) in [5.74, 6) is 0.135. The lowest BCUT2D eigenvalue weighted by Crippen LogP contribution is -2.47. The van der Waals surface area contributed by atoms with Crippen molar-refractivity contribution < 1.29 is 9.59 Å². The summed E-state index contributed by atoms with van der Waals surface area (Å²) in [5, 5.41) is 8.19. The number of halogens is 1. The lowest BCUT2D eigenvalue weighted by Gasteiger charge is -2.27. The quantitative estimate of drug-likeness (QED) is 0.697. The predicted octanol–water partition coefficient (Wildman–Crippen LogP) is 3.35. The van der Waals surface area contributed by atoms with E-state index in [2.05, 4.69) is 47.0 Å². The van der Waals surface area contributed by atoms with Gasteiger partial charge in [0.05, 0.1) is 6.54 Å². The molecule has 0 aromatic heterocycles. The fourth-order valence-electron chi connectivity index (χ4n) is 4.12. The van der Waals surface area contributed by atoms with Crippen molar-refractivity contribution in [1.82, 2.24) is 10.2 Å². The van der Waals surface area contributed by atoms with Crippen LogP contribution in [-0.2, 0) is 17.8 Å². The summed E-state index contributed by atoms with van der Waals surface area (Å²) in [6, 6.07) is 18.5. The number of amides is 2. The van der Waals surface area contributed by atoms with Gasteiger partial charge in [0.2, 0.25) is 5.91 Å². The Labute approximate surface area is 175 Å². The maximum Gasteiger partial charge on any atom is 0.256 e. The van der Waals surface area contributed by atoms with E-state index in [1.54, 1.807) is 0 Å². The van der Waals surface area contributed by atoms with Crippen molar-refractivity contribution in [2.24, 2.45) is 0 Å². The summed E-state index contributed by atoms with van der Waals surface area (Å²) in [6.07, 6.45) is 0.807. The van der Waals surface area contributed by atoms with E-state index < -0.39 is 0 Å². The molecule has 0 spiro atoms. The second-order valence-electron chi connectivity index (χ2n) is 7.44. The third-order valence-corrected chi connectivity index (χ3v) is 5.60. The molecule has 1 fully saturated rings. The molecule has 2 N–H and O–H groups in total. The second-order valence-corrected chi connectivity index (χ2v) is 7.44. The molecule has 0 atom stereocenters. The van der Waals surface area contributed by atoms with Crippen LogP contribution in [0.15, 0.2) is 54.6 Å². The van der Waals surface area contributed by atoms with Crippen LogP contribution in [0.5, 0.6) is 0 Å². The molecule has 5 rings (SSSR count). The summed E-state index contributed by atoms with van der Waals surface area (Å²) < 4.78 is 0. The number of carbonyl (C=O) groups is 2. The van der Waals surface area contributed by atoms with Crippen molar-refractivity contribution in [2.75, 3.05) is 25.0 Å². The van der Waals surface area contributed by atoms with Crippen LogP contribution < -0.4 is 10.6 Å². The van der Waals surface area contributed by atoms with Gasteiger partial charge in [-0.15, -0.1) is 12.4 Å². The molecule has 3 aromatic carbocycles. The number of nitrogens with zero attached hydrogens (tertiary/aromatic N) is 1. The molecule has 2 heterocycles. The Bertz CT molecular complexity index is 1100. The van der Waals surface area contributed by atoms with Crippen molar-refractivity contribution in [3.05, 3.63) is 76.9 Å². The van der Waals surface area contributed by atoms with E-state index in [0.29, 0.717) is 13.1 Å². The molecule has 148 valence electrons. The van der Waals surface area contributed by atoms with E-state index in [0.717, 1.165) is 47.1 Å². The van der Waals surface area contributed by atoms with Gasteiger partial charge in [0.25, 0.3) is 5.91 Å². The minimum atomic E-state index is -0.0236. The summed E-state index contributed by atoms with van der Waals surface area (Å²) in [4.78, 5) is 25.9. The number of anilines is 1. The molecule has 2 aliphatic rings. The average molecular weight is 408 g/mol. The van der Waals surface area contributed by atoms with Crippen LogP contribution in [-0.4, -0.2) is 36.3 Å². The third-order valence-electron chi connectivity index (χ3n) is 5.60. The van der Waals surface area contributed by atoms with E-state index in [9.17, 15) is 9.59 Å². The summed E-state index contributed by atoms with van der Waals surface area (Å²) in [5.41, 5.74) is 5.23. The van der Waals surface area contributed by atoms with E-state index in [-0.39, 0.29) is 24.2 Å². The number of piperazine rings is 1. The molecule has 2 amide bonds. The lowest BCUT2D eigenvalue weighted by molar-refractivity contribution is -0.132. The lowest BCUT2D eigenvalue weighted by atomic mass is 9.95.